The van der Waals surface area contributed by atoms with E-state index in [0.717, 1.165) is 134 Å². The van der Waals surface area contributed by atoms with Gasteiger partial charge in [-0.3, -0.25) is 0 Å². The molecule has 110 heavy (non-hydrogen) atoms. The van der Waals surface area contributed by atoms with Crippen LogP contribution in [0, 0.1) is 0 Å². The number of fused-ring (bicyclic) bond motifs is 6. The van der Waals surface area contributed by atoms with Gasteiger partial charge in [-0.05, 0) is 177 Å². The van der Waals surface area contributed by atoms with Crippen LogP contribution in [0.3, 0.4) is 0 Å². The van der Waals surface area contributed by atoms with Gasteiger partial charge < -0.3 is 39.4 Å². The van der Waals surface area contributed by atoms with Crippen LogP contribution in [0.5, 0.6) is 46.0 Å². The van der Waals surface area contributed by atoms with Gasteiger partial charge in [-0.1, -0.05) is 274 Å². The van der Waals surface area contributed by atoms with E-state index in [-0.39, 0.29) is 93.0 Å². The number of hydrogen-bond acceptors (Lipinski definition) is 12. The zero-order valence-electron chi connectivity index (χ0n) is 70.0. The van der Waals surface area contributed by atoms with Crippen LogP contribution < -0.4 is 18.9 Å². The lowest BCUT2D eigenvalue weighted by Crippen LogP contribution is -2.17. The zero-order chi connectivity index (χ0) is 79.7. The molecule has 2 aliphatic carbocycles. The Kier molecular flexibility index (Phi) is 20.2. The number of aromatic nitrogens is 6. The maximum absolute atomic E-state index is 13.2. The number of ether oxygens (including phenoxy) is 4. The lowest BCUT2D eigenvalue weighted by Gasteiger charge is -2.28. The number of phenolic OH excluding ortho intramolecular Hbond substituents is 4. The van der Waals surface area contributed by atoms with E-state index in [0.29, 0.717) is 85.8 Å². The van der Waals surface area contributed by atoms with Crippen LogP contribution in [-0.4, -0.2) is 50.4 Å². The van der Waals surface area contributed by atoms with Gasteiger partial charge in [0.2, 0.25) is 0 Å². The first-order valence-corrected chi connectivity index (χ1v) is 39.4. The lowest BCUT2D eigenvalue weighted by atomic mass is 9.79. The van der Waals surface area contributed by atoms with E-state index < -0.39 is 0 Å². The second kappa shape index (κ2) is 28.3. The Bertz CT molecular complexity index is 4380. The van der Waals surface area contributed by atoms with Crippen molar-refractivity contribution in [1.29, 1.82) is 0 Å². The van der Waals surface area contributed by atoms with Gasteiger partial charge in [0.15, 0.2) is 13.5 Å². The van der Waals surface area contributed by atoms with Gasteiger partial charge in [-0.15, -0.1) is 10.2 Å². The molecule has 0 saturated carbocycles. The molecule has 4 aliphatic rings. The molecule has 14 heteroatoms. The summed E-state index contributed by atoms with van der Waals surface area (Å²) < 4.78 is 32.6. The smallest absolute Gasteiger partial charge is 0.182 e. The minimum Gasteiger partial charge on any atom is -0.507 e. The fourth-order valence-electron chi connectivity index (χ4n) is 15.5. The van der Waals surface area contributed by atoms with E-state index in [1.165, 1.54) is 0 Å². The Balaban J connectivity index is 1.08. The lowest BCUT2D eigenvalue weighted by molar-refractivity contribution is 0.214. The fourth-order valence-corrected chi connectivity index (χ4v) is 15.5. The van der Waals surface area contributed by atoms with Crippen molar-refractivity contribution in [2.24, 2.45) is 0 Å². The van der Waals surface area contributed by atoms with E-state index in [4.69, 9.17) is 39.6 Å². The first-order chi connectivity index (χ1) is 51.1. The number of phenols is 4. The Labute approximate surface area is 653 Å². The summed E-state index contributed by atoms with van der Waals surface area (Å²) in [6, 6.07) is 35.1. The van der Waals surface area contributed by atoms with Crippen molar-refractivity contribution in [2.45, 2.75) is 288 Å². The first kappa shape index (κ1) is 78.6. The fraction of sp³-hybridized carbons (Fsp3) is 0.458. The average molecular weight is 1480 g/mol. The van der Waals surface area contributed by atoms with Crippen molar-refractivity contribution >= 4 is 0 Å². The molecule has 14 rings (SSSR count). The normalized spacial score (nSPS) is 14.9. The Hall–Kier alpha value is -9.56. The third kappa shape index (κ3) is 16.7. The Morgan fingerprint density at radius 3 is 0.555 bits per heavy atom. The van der Waals surface area contributed by atoms with Gasteiger partial charge in [0.25, 0.3) is 0 Å². The molecule has 0 unspecified atom stereocenters. The molecule has 0 spiro atoms. The van der Waals surface area contributed by atoms with Crippen molar-refractivity contribution in [3.63, 3.8) is 0 Å². The van der Waals surface area contributed by atoms with Gasteiger partial charge in [-0.25, -0.2) is 9.36 Å². The van der Waals surface area contributed by atoms with Crippen molar-refractivity contribution in [2.75, 3.05) is 0 Å². The maximum Gasteiger partial charge on any atom is 0.182 e. The van der Waals surface area contributed by atoms with Crippen LogP contribution in [0.25, 0.3) is 0 Å². The first-order valence-electron chi connectivity index (χ1n) is 39.4. The highest BCUT2D eigenvalue weighted by molar-refractivity contribution is 5.63. The molecule has 4 N–H and O–H groups in total. The molecule has 10 aromatic rings. The van der Waals surface area contributed by atoms with Crippen LogP contribution in [0.15, 0.2) is 109 Å². The predicted molar refractivity (Wildman–Crippen MR) is 440 cm³/mol. The molecular formula is C96H118N6O8. The summed E-state index contributed by atoms with van der Waals surface area (Å²) in [5, 5.41) is 72.0. The number of benzene rings is 8. The van der Waals surface area contributed by atoms with E-state index >= 15 is 0 Å². The standard InChI is InChI=1S/C96H118N6O8/c1-89(2,3)71-33-55-25-63-41-75(93(13,14)15)43-65-27-57-35-72(90(4,5)6)36-58(82(57)104)28-66-44-76(94(16,17)18)42-64(26-56(34-71)81(55)103)86(66)108-52-80-50-102(100-98-80)54-110-88-68-30-60-38-73(91(7,8)9)37-59(83(60)105)29-67-45-77(95(19,20)21)47-69(87(67)109-53-101-49-79(97-99-101)51-107-85(63)65)31-61-39-74(92(10,11)12)40-62(84(61)106)32-70(88)48-78(46-68)96(22,23)24/h33-50,103-106H,25-32,51-54H2,1-24H3. The summed E-state index contributed by atoms with van der Waals surface area (Å²) >= 11 is 0. The molecule has 4 heterocycles. The van der Waals surface area contributed by atoms with E-state index in [1.807, 2.05) is 12.4 Å². The van der Waals surface area contributed by atoms with E-state index in [1.54, 1.807) is 9.36 Å². The number of rotatable bonds is 0. The van der Waals surface area contributed by atoms with Crippen molar-refractivity contribution in [1.82, 2.24) is 30.0 Å². The molecule has 0 atom stereocenters. The molecule has 8 aromatic carbocycles. The van der Waals surface area contributed by atoms with Gasteiger partial charge >= 0.3 is 0 Å². The summed E-state index contributed by atoms with van der Waals surface area (Å²) in [6.07, 6.45) is 6.22. The third-order valence-electron chi connectivity index (χ3n) is 22.6. The number of nitrogens with zero attached hydrogens (tertiary/aromatic N) is 6. The summed E-state index contributed by atoms with van der Waals surface area (Å²) in [4.78, 5) is 0. The molecule has 2 aliphatic heterocycles. The minimum absolute atomic E-state index is 0.0280. The second-order valence-corrected chi connectivity index (χ2v) is 40.1. The summed E-state index contributed by atoms with van der Waals surface area (Å²) in [6.45, 7) is 53.2. The molecule has 24 bridgehead atoms. The van der Waals surface area contributed by atoms with Gasteiger partial charge in [-0.2, -0.15) is 0 Å². The maximum atomic E-state index is 13.2. The largest absolute Gasteiger partial charge is 0.507 e. The van der Waals surface area contributed by atoms with Crippen molar-refractivity contribution < 1.29 is 39.4 Å². The van der Waals surface area contributed by atoms with Crippen LogP contribution in [-0.2, 0) is 121 Å². The molecule has 0 amide bonds. The highest BCUT2D eigenvalue weighted by Gasteiger charge is 2.34. The van der Waals surface area contributed by atoms with E-state index in [9.17, 15) is 20.4 Å². The molecular weight excluding hydrogens is 1370 g/mol. The highest BCUT2D eigenvalue weighted by atomic mass is 16.5. The Morgan fingerprint density at radius 2 is 0.391 bits per heavy atom. The zero-order valence-corrected chi connectivity index (χ0v) is 70.0. The predicted octanol–water partition coefficient (Wildman–Crippen LogP) is 21.0. The van der Waals surface area contributed by atoms with Gasteiger partial charge in [0, 0.05) is 51.4 Å². The second-order valence-electron chi connectivity index (χ2n) is 40.1. The minimum atomic E-state index is -0.322. The Morgan fingerprint density at radius 1 is 0.236 bits per heavy atom. The van der Waals surface area contributed by atoms with Gasteiger partial charge in [0.1, 0.15) is 70.6 Å². The van der Waals surface area contributed by atoms with Crippen LogP contribution >= 0.6 is 0 Å². The quantitative estimate of drug-likeness (QED) is 0.113. The van der Waals surface area contributed by atoms with Crippen LogP contribution in [0.1, 0.15) is 311 Å². The summed E-state index contributed by atoms with van der Waals surface area (Å²) in [7, 11) is 0. The summed E-state index contributed by atoms with van der Waals surface area (Å²) in [5.74, 6) is 3.31. The average Bonchev–Trinajstić information content (AvgIpc) is 0.833. The monoisotopic (exact) mass is 1480 g/mol. The molecule has 0 fully saturated rings. The summed E-state index contributed by atoms with van der Waals surface area (Å²) in [5.41, 5.74) is 20.2. The highest BCUT2D eigenvalue weighted by Crippen LogP contribution is 2.48. The molecule has 14 nitrogen and oxygen atoms in total. The molecule has 2 aromatic heterocycles. The van der Waals surface area contributed by atoms with Crippen LogP contribution in [0.2, 0.25) is 0 Å². The third-order valence-corrected chi connectivity index (χ3v) is 22.6. The molecule has 0 saturated heterocycles. The van der Waals surface area contributed by atoms with Gasteiger partial charge in [0.05, 0.1) is 12.4 Å². The number of hydrogen-bond donors (Lipinski definition) is 4. The molecule has 0 radical (unpaired) electrons. The topological polar surface area (TPSA) is 179 Å². The van der Waals surface area contributed by atoms with Crippen molar-refractivity contribution in [3.05, 3.63) is 254 Å². The van der Waals surface area contributed by atoms with Crippen molar-refractivity contribution in [3.8, 4) is 46.0 Å². The molecule has 580 valence electrons. The SMILES string of the molecule is CC(C)(C)c1cc2c(O)c(c1)Cc1cc(C(C)(C)C)cc3c1OCc1cn(nn1)COc1c4cc(C(C)(C)C)cc1Cc1cc(C(C)(C)C)cc(c1O)Cc1cc(C(C)(C)C)cc(c1OCn1cc(nn1)COc1c(cc(C(C)(C)C)cc1Cc1cc(C(C)(C)C)cc(c1O)C3)C2)Cc1cc(C(C)(C)C)cc(c1O)C4. The van der Waals surface area contributed by atoms with Crippen LogP contribution in [0.4, 0.5) is 0 Å². The number of aromatic hydroxyl groups is 4. The van der Waals surface area contributed by atoms with E-state index in [2.05, 4.69) is 263 Å².